The van der Waals surface area contributed by atoms with Crippen molar-refractivity contribution in [1.82, 2.24) is 24.5 Å². The highest BCUT2D eigenvalue weighted by Crippen LogP contribution is 2.24. The third kappa shape index (κ3) is 4.28. The zero-order valence-corrected chi connectivity index (χ0v) is 19.5. The summed E-state index contributed by atoms with van der Waals surface area (Å²) < 4.78 is 3.44. The van der Waals surface area contributed by atoms with Crippen LogP contribution in [0.1, 0.15) is 36.5 Å². The molecule has 2 heterocycles. The minimum atomic E-state index is -0.264. The van der Waals surface area contributed by atoms with E-state index in [2.05, 4.69) is 20.8 Å². The Balaban J connectivity index is 1.38. The molecule has 0 unspecified atom stereocenters. The summed E-state index contributed by atoms with van der Waals surface area (Å²) in [6, 6.07) is 14.5. The van der Waals surface area contributed by atoms with Gasteiger partial charge in [-0.2, -0.15) is 0 Å². The molecule has 2 aromatic heterocycles. The lowest BCUT2D eigenvalue weighted by molar-refractivity contribution is -0.113. The molecule has 0 saturated heterocycles. The number of fused-ring (bicyclic) bond motifs is 3. The Labute approximate surface area is 199 Å². The van der Waals surface area contributed by atoms with Crippen molar-refractivity contribution in [2.75, 3.05) is 11.1 Å². The average Bonchev–Trinajstić information content (AvgIpc) is 3.56. The van der Waals surface area contributed by atoms with Crippen LogP contribution in [0, 0.1) is 0 Å². The minimum Gasteiger partial charge on any atom is -0.349 e. The molecular weight excluding hydrogens is 452 g/mol. The Bertz CT molecular complexity index is 1460. The number of hydrogen-bond donors (Lipinski definition) is 2. The van der Waals surface area contributed by atoms with E-state index in [0.717, 1.165) is 19.3 Å². The fourth-order valence-corrected chi connectivity index (χ4v) is 4.59. The lowest BCUT2D eigenvalue weighted by atomic mass is 10.1. The van der Waals surface area contributed by atoms with Gasteiger partial charge in [0.25, 0.3) is 11.5 Å². The lowest BCUT2D eigenvalue weighted by Gasteiger charge is -2.11. The third-order valence-corrected chi connectivity index (χ3v) is 6.55. The van der Waals surface area contributed by atoms with E-state index in [1.807, 2.05) is 29.5 Å². The molecule has 4 aromatic rings. The van der Waals surface area contributed by atoms with Crippen LogP contribution >= 0.6 is 11.8 Å². The van der Waals surface area contributed by atoms with Crippen molar-refractivity contribution in [1.29, 1.82) is 0 Å². The Kier molecular flexibility index (Phi) is 6.06. The van der Waals surface area contributed by atoms with Crippen LogP contribution < -0.4 is 16.2 Å². The predicted octanol–water partition coefficient (Wildman–Crippen LogP) is 3.08. The molecule has 0 bridgehead atoms. The van der Waals surface area contributed by atoms with E-state index in [1.54, 1.807) is 34.9 Å². The van der Waals surface area contributed by atoms with Gasteiger partial charge >= 0.3 is 0 Å². The Hall–Kier alpha value is -3.66. The molecule has 1 aliphatic rings. The maximum atomic E-state index is 12.9. The van der Waals surface area contributed by atoms with Gasteiger partial charge in [0.1, 0.15) is 0 Å². The maximum absolute atomic E-state index is 12.9. The second kappa shape index (κ2) is 9.30. The standard InChI is InChI=1S/C24H24N6O3S/c1-2-13-29-22(33)17-8-4-6-10-19(17)30-23(29)27-28-24(30)34-14-20(31)26-18-9-5-3-7-16(18)21(32)25-15-11-12-15/h3-10,15H,2,11-14H2,1H3,(H,25,32)(H,26,31). The molecule has 174 valence electrons. The molecule has 0 radical (unpaired) electrons. The predicted molar refractivity (Wildman–Crippen MR) is 131 cm³/mol. The second-order valence-electron chi connectivity index (χ2n) is 8.22. The number of thioether (sulfide) groups is 1. The normalized spacial score (nSPS) is 13.3. The van der Waals surface area contributed by atoms with Crippen LogP contribution in [0.25, 0.3) is 16.7 Å². The molecule has 2 N–H and O–H groups in total. The van der Waals surface area contributed by atoms with Crippen molar-refractivity contribution in [2.24, 2.45) is 0 Å². The molecule has 1 fully saturated rings. The highest BCUT2D eigenvalue weighted by molar-refractivity contribution is 7.99. The zero-order chi connectivity index (χ0) is 23.7. The van der Waals surface area contributed by atoms with E-state index in [1.165, 1.54) is 11.8 Å². The monoisotopic (exact) mass is 476 g/mol. The topological polar surface area (TPSA) is 110 Å². The molecule has 0 spiro atoms. The summed E-state index contributed by atoms with van der Waals surface area (Å²) in [5.41, 5.74) is 1.51. The van der Waals surface area contributed by atoms with E-state index < -0.39 is 0 Å². The molecule has 2 amide bonds. The van der Waals surface area contributed by atoms with Crippen molar-refractivity contribution < 1.29 is 9.59 Å². The Morgan fingerprint density at radius 3 is 2.65 bits per heavy atom. The fourth-order valence-electron chi connectivity index (χ4n) is 3.85. The van der Waals surface area contributed by atoms with Crippen molar-refractivity contribution in [3.05, 3.63) is 64.4 Å². The Morgan fingerprint density at radius 1 is 1.09 bits per heavy atom. The summed E-state index contributed by atoms with van der Waals surface area (Å²) in [4.78, 5) is 38.2. The summed E-state index contributed by atoms with van der Waals surface area (Å²) in [6.45, 7) is 2.52. The van der Waals surface area contributed by atoms with Gasteiger partial charge in [0.15, 0.2) is 5.16 Å². The first-order chi connectivity index (χ1) is 16.6. The number of hydrogen-bond acceptors (Lipinski definition) is 6. The number of amides is 2. The van der Waals surface area contributed by atoms with Crippen LogP contribution in [0.3, 0.4) is 0 Å². The Morgan fingerprint density at radius 2 is 1.85 bits per heavy atom. The highest BCUT2D eigenvalue weighted by Gasteiger charge is 2.25. The number of aryl methyl sites for hydroxylation is 1. The molecule has 10 heteroatoms. The summed E-state index contributed by atoms with van der Waals surface area (Å²) in [5, 5.41) is 15.4. The van der Waals surface area contributed by atoms with Gasteiger partial charge in [-0.15, -0.1) is 10.2 Å². The van der Waals surface area contributed by atoms with E-state index in [9.17, 15) is 14.4 Å². The number of aromatic nitrogens is 4. The summed E-state index contributed by atoms with van der Waals surface area (Å²) in [7, 11) is 0. The minimum absolute atomic E-state index is 0.0700. The second-order valence-corrected chi connectivity index (χ2v) is 9.16. The van der Waals surface area contributed by atoms with Crippen LogP contribution in [0.15, 0.2) is 58.5 Å². The average molecular weight is 477 g/mol. The molecule has 5 rings (SSSR count). The molecule has 2 aromatic carbocycles. The maximum Gasteiger partial charge on any atom is 0.262 e. The number of nitrogens with zero attached hydrogens (tertiary/aromatic N) is 4. The number of nitrogens with one attached hydrogen (secondary N) is 2. The van der Waals surface area contributed by atoms with Crippen LogP contribution in [0.2, 0.25) is 0 Å². The highest BCUT2D eigenvalue weighted by atomic mass is 32.2. The molecule has 0 atom stereocenters. The van der Waals surface area contributed by atoms with Crippen molar-refractivity contribution in [3.8, 4) is 0 Å². The van der Waals surface area contributed by atoms with Gasteiger partial charge in [-0.1, -0.05) is 43.0 Å². The van der Waals surface area contributed by atoms with Crippen molar-refractivity contribution in [2.45, 2.75) is 43.9 Å². The third-order valence-electron chi connectivity index (χ3n) is 5.62. The summed E-state index contributed by atoms with van der Waals surface area (Å²) in [5.74, 6) is 0.0747. The number of carbonyl (C=O) groups excluding carboxylic acids is 2. The van der Waals surface area contributed by atoms with Gasteiger partial charge < -0.3 is 10.6 Å². The molecule has 1 aliphatic carbocycles. The SMILES string of the molecule is CCCn1c(=O)c2ccccc2n2c(SCC(=O)Nc3ccccc3C(=O)NC3CC3)nnc12. The summed E-state index contributed by atoms with van der Waals surface area (Å²) >= 11 is 1.23. The van der Waals surface area contributed by atoms with Crippen LogP contribution in [-0.4, -0.2) is 42.8 Å². The quantitative estimate of drug-likeness (QED) is 0.378. The number of carbonyl (C=O) groups is 2. The first-order valence-corrected chi connectivity index (χ1v) is 12.2. The number of anilines is 1. The fraction of sp³-hybridized carbons (Fsp3) is 0.292. The number of para-hydroxylation sites is 2. The van der Waals surface area contributed by atoms with Crippen LogP contribution in [-0.2, 0) is 11.3 Å². The van der Waals surface area contributed by atoms with Crippen LogP contribution in [0.5, 0.6) is 0 Å². The first-order valence-electron chi connectivity index (χ1n) is 11.3. The largest absolute Gasteiger partial charge is 0.349 e. The van der Waals surface area contributed by atoms with Gasteiger partial charge in [-0.25, -0.2) is 0 Å². The van der Waals surface area contributed by atoms with E-state index in [0.29, 0.717) is 39.6 Å². The van der Waals surface area contributed by atoms with Gasteiger partial charge in [-0.05, 0) is 43.5 Å². The van der Waals surface area contributed by atoms with E-state index in [-0.39, 0.29) is 29.2 Å². The smallest absolute Gasteiger partial charge is 0.262 e. The number of benzene rings is 2. The van der Waals surface area contributed by atoms with Gasteiger partial charge in [0.2, 0.25) is 11.7 Å². The van der Waals surface area contributed by atoms with E-state index >= 15 is 0 Å². The van der Waals surface area contributed by atoms with E-state index in [4.69, 9.17) is 0 Å². The van der Waals surface area contributed by atoms with Crippen LogP contribution in [0.4, 0.5) is 5.69 Å². The molecular formula is C24H24N6O3S. The molecule has 9 nitrogen and oxygen atoms in total. The van der Waals surface area contributed by atoms with Gasteiger partial charge in [-0.3, -0.25) is 23.4 Å². The van der Waals surface area contributed by atoms with Crippen molar-refractivity contribution >= 4 is 45.9 Å². The summed E-state index contributed by atoms with van der Waals surface area (Å²) in [6.07, 6.45) is 2.76. The lowest BCUT2D eigenvalue weighted by Crippen LogP contribution is -2.27. The molecule has 34 heavy (non-hydrogen) atoms. The first kappa shape index (κ1) is 22.1. The van der Waals surface area contributed by atoms with Gasteiger partial charge in [0.05, 0.1) is 27.9 Å². The van der Waals surface area contributed by atoms with Crippen molar-refractivity contribution in [3.63, 3.8) is 0 Å². The van der Waals surface area contributed by atoms with Gasteiger partial charge in [0, 0.05) is 12.6 Å². The molecule has 1 saturated carbocycles. The molecule has 0 aliphatic heterocycles. The number of rotatable bonds is 8. The zero-order valence-electron chi connectivity index (χ0n) is 18.7.